The molecule has 0 aromatic heterocycles. The van der Waals surface area contributed by atoms with Gasteiger partial charge < -0.3 is 23.0 Å². The lowest BCUT2D eigenvalue weighted by Gasteiger charge is -1.94. The maximum absolute atomic E-state index is 9.75. The normalized spacial score (nSPS) is 10.1. The van der Waals surface area contributed by atoms with Gasteiger partial charge in [-0.1, -0.05) is 15.9 Å². The SMILES string of the molecule is F[B-](F)(F)F.N#[N+]c1cc(Br)ccc1CN. The number of nitrogens with two attached hydrogens (primary N) is 1. The number of rotatable bonds is 1. The van der Waals surface area contributed by atoms with E-state index in [0.717, 1.165) is 10.0 Å². The predicted molar refractivity (Wildman–Crippen MR) is 57.0 cm³/mol. The van der Waals surface area contributed by atoms with Crippen LogP contribution in [0.15, 0.2) is 22.7 Å². The third-order valence-corrected chi connectivity index (χ3v) is 1.87. The number of nitrogens with zero attached hydrogens (tertiary/aromatic N) is 2. The van der Waals surface area contributed by atoms with Crippen molar-refractivity contribution in [3.63, 3.8) is 0 Å². The Morgan fingerprint density at radius 2 is 1.81 bits per heavy atom. The molecular weight excluding hydrogens is 293 g/mol. The first-order chi connectivity index (χ1) is 7.27. The van der Waals surface area contributed by atoms with Crippen LogP contribution in [0.3, 0.4) is 0 Å². The third-order valence-electron chi connectivity index (χ3n) is 1.37. The molecule has 0 saturated carbocycles. The van der Waals surface area contributed by atoms with Crippen LogP contribution in [0.5, 0.6) is 0 Å². The van der Waals surface area contributed by atoms with Gasteiger partial charge in [0.25, 0.3) is 0 Å². The Morgan fingerprint density at radius 3 is 2.19 bits per heavy atom. The Hall–Kier alpha value is -1.14. The van der Waals surface area contributed by atoms with Crippen LogP contribution in [0.1, 0.15) is 5.56 Å². The van der Waals surface area contributed by atoms with Crippen LogP contribution in [-0.4, -0.2) is 7.25 Å². The van der Waals surface area contributed by atoms with Gasteiger partial charge >= 0.3 is 12.9 Å². The molecule has 2 N–H and O–H groups in total. The number of halogens is 5. The van der Waals surface area contributed by atoms with Crippen LogP contribution >= 0.6 is 15.9 Å². The zero-order valence-corrected chi connectivity index (χ0v) is 9.46. The fourth-order valence-electron chi connectivity index (χ4n) is 0.803. The first-order valence-corrected chi connectivity index (χ1v) is 4.78. The molecule has 1 aromatic rings. The zero-order chi connectivity index (χ0) is 12.8. The van der Waals surface area contributed by atoms with Gasteiger partial charge in [0.2, 0.25) is 5.39 Å². The molecule has 0 aliphatic rings. The Kier molecular flexibility index (Phi) is 5.99. The summed E-state index contributed by atoms with van der Waals surface area (Å²) in [6, 6.07) is 5.39. The monoisotopic (exact) mass is 299 g/mol. The van der Waals surface area contributed by atoms with E-state index in [1.54, 1.807) is 6.07 Å². The quantitative estimate of drug-likeness (QED) is 0.488. The summed E-state index contributed by atoms with van der Waals surface area (Å²) < 4.78 is 39.9. The summed E-state index contributed by atoms with van der Waals surface area (Å²) >= 11 is 3.25. The second-order valence-electron chi connectivity index (χ2n) is 2.57. The molecule has 1 rings (SSSR count). The highest BCUT2D eigenvalue weighted by Gasteiger charge is 2.20. The van der Waals surface area contributed by atoms with Crippen LogP contribution in [0, 0.1) is 5.39 Å². The average molecular weight is 300 g/mol. The van der Waals surface area contributed by atoms with Crippen molar-refractivity contribution in [3.8, 4) is 0 Å². The Morgan fingerprint density at radius 1 is 1.31 bits per heavy atom. The van der Waals surface area contributed by atoms with Crippen LogP contribution in [0.2, 0.25) is 0 Å². The molecule has 88 valence electrons. The maximum atomic E-state index is 9.75. The minimum absolute atomic E-state index is 0.382. The van der Waals surface area contributed by atoms with E-state index < -0.39 is 7.25 Å². The summed E-state index contributed by atoms with van der Waals surface area (Å²) in [7, 11) is -6.00. The first-order valence-electron chi connectivity index (χ1n) is 3.99. The van der Waals surface area contributed by atoms with Crippen molar-refractivity contribution < 1.29 is 17.3 Å². The fourth-order valence-corrected chi connectivity index (χ4v) is 1.15. The lowest BCUT2D eigenvalue weighted by Crippen LogP contribution is -2.02. The Labute approximate surface area is 97.5 Å². The van der Waals surface area contributed by atoms with Crippen molar-refractivity contribution in [2.45, 2.75) is 6.54 Å². The van der Waals surface area contributed by atoms with Gasteiger partial charge in [0.15, 0.2) is 4.98 Å². The molecule has 0 radical (unpaired) electrons. The lowest BCUT2D eigenvalue weighted by atomic mass is 10.2. The van der Waals surface area contributed by atoms with Gasteiger partial charge in [-0.25, -0.2) is 0 Å². The lowest BCUT2D eigenvalue weighted by molar-refractivity contribution is 0.368. The predicted octanol–water partition coefficient (Wildman–Crippen LogP) is 3.69. The van der Waals surface area contributed by atoms with Gasteiger partial charge in [0.05, 0.1) is 5.56 Å². The van der Waals surface area contributed by atoms with Crippen LogP contribution in [-0.2, 0) is 6.54 Å². The van der Waals surface area contributed by atoms with Crippen molar-refractivity contribution >= 4 is 28.9 Å². The molecular formula is C7H7BBrF4N3. The first kappa shape index (κ1) is 14.9. The van der Waals surface area contributed by atoms with Crippen molar-refractivity contribution in [1.29, 1.82) is 5.39 Å². The molecule has 0 saturated heterocycles. The van der Waals surface area contributed by atoms with Gasteiger partial charge in [0, 0.05) is 17.1 Å². The summed E-state index contributed by atoms with van der Waals surface area (Å²) in [6.45, 7) is 0.382. The van der Waals surface area contributed by atoms with E-state index in [9.17, 15) is 17.3 Å². The van der Waals surface area contributed by atoms with E-state index in [1.807, 2.05) is 12.1 Å². The molecule has 0 bridgehead atoms. The summed E-state index contributed by atoms with van der Waals surface area (Å²) in [4.78, 5) is 3.09. The third kappa shape index (κ3) is 7.20. The van der Waals surface area contributed by atoms with E-state index in [-0.39, 0.29) is 0 Å². The van der Waals surface area contributed by atoms with Crippen LogP contribution in [0.4, 0.5) is 23.0 Å². The van der Waals surface area contributed by atoms with Crippen molar-refractivity contribution in [2.75, 3.05) is 0 Å². The number of hydrogen-bond donors (Lipinski definition) is 1. The summed E-state index contributed by atoms with van der Waals surface area (Å²) in [6.07, 6.45) is 0. The van der Waals surface area contributed by atoms with E-state index in [1.165, 1.54) is 0 Å². The molecule has 0 amide bonds. The molecule has 0 fully saturated rings. The second-order valence-corrected chi connectivity index (χ2v) is 3.49. The Balaban J connectivity index is 0.000000385. The van der Waals surface area contributed by atoms with E-state index in [2.05, 4.69) is 20.9 Å². The van der Waals surface area contributed by atoms with E-state index in [4.69, 9.17) is 11.1 Å². The largest absolute Gasteiger partial charge is 0.673 e. The average Bonchev–Trinajstić information content (AvgIpc) is 2.15. The second kappa shape index (κ2) is 6.45. The van der Waals surface area contributed by atoms with Gasteiger partial charge in [-0.05, 0) is 12.1 Å². The highest BCUT2D eigenvalue weighted by Crippen LogP contribution is 2.23. The van der Waals surface area contributed by atoms with Gasteiger partial charge in [-0.2, -0.15) is 0 Å². The number of diazo groups is 1. The number of hydrogen-bond acceptors (Lipinski definition) is 2. The van der Waals surface area contributed by atoms with Gasteiger partial charge in [-0.3, -0.25) is 0 Å². The molecule has 0 aliphatic carbocycles. The zero-order valence-electron chi connectivity index (χ0n) is 7.88. The van der Waals surface area contributed by atoms with Crippen LogP contribution < -0.4 is 5.73 Å². The summed E-state index contributed by atoms with van der Waals surface area (Å²) in [5, 5.41) is 8.52. The molecule has 16 heavy (non-hydrogen) atoms. The van der Waals surface area contributed by atoms with Crippen LogP contribution in [0.25, 0.3) is 4.98 Å². The van der Waals surface area contributed by atoms with Gasteiger partial charge in [0.1, 0.15) is 0 Å². The minimum atomic E-state index is -6.00. The summed E-state index contributed by atoms with van der Waals surface area (Å²) in [5.74, 6) is 0. The highest BCUT2D eigenvalue weighted by molar-refractivity contribution is 9.10. The molecule has 0 spiro atoms. The van der Waals surface area contributed by atoms with Crippen molar-refractivity contribution in [1.82, 2.24) is 0 Å². The maximum Gasteiger partial charge on any atom is 0.673 e. The molecule has 0 atom stereocenters. The molecule has 1 aromatic carbocycles. The molecule has 0 heterocycles. The topological polar surface area (TPSA) is 54.2 Å². The Bertz CT molecular complexity index is 384. The van der Waals surface area contributed by atoms with Gasteiger partial charge in [-0.15, -0.1) is 0 Å². The molecule has 0 aliphatic heterocycles. The van der Waals surface area contributed by atoms with E-state index >= 15 is 0 Å². The smallest absolute Gasteiger partial charge is 0.418 e. The minimum Gasteiger partial charge on any atom is -0.418 e. The van der Waals surface area contributed by atoms with E-state index in [0.29, 0.717) is 12.2 Å². The summed E-state index contributed by atoms with van der Waals surface area (Å²) in [5.41, 5.74) is 6.73. The fraction of sp³-hybridized carbons (Fsp3) is 0.143. The van der Waals surface area contributed by atoms with Crippen molar-refractivity contribution in [2.24, 2.45) is 5.73 Å². The molecule has 0 unspecified atom stereocenters. The highest BCUT2D eigenvalue weighted by atomic mass is 79.9. The number of benzene rings is 1. The standard InChI is InChI=1S/C7H7BrN3.BF4/c8-6-2-1-5(4-9)7(3-6)11-10;2-1(3,4)5/h1-3H,4,9H2;/q+1;-1. The molecule has 9 heteroatoms. The van der Waals surface area contributed by atoms with Crippen molar-refractivity contribution in [3.05, 3.63) is 33.2 Å². The molecule has 3 nitrogen and oxygen atoms in total.